The Hall–Kier alpha value is -3.26. The van der Waals surface area contributed by atoms with Crippen LogP contribution in [-0.4, -0.2) is 44.2 Å². The van der Waals surface area contributed by atoms with Crippen molar-refractivity contribution in [1.82, 2.24) is 15.2 Å². The molecule has 9 nitrogen and oxygen atoms in total. The van der Waals surface area contributed by atoms with Gasteiger partial charge in [0.15, 0.2) is 11.2 Å². The summed E-state index contributed by atoms with van der Waals surface area (Å²) >= 11 is 0. The predicted molar refractivity (Wildman–Crippen MR) is 119 cm³/mol. The molecule has 32 heavy (non-hydrogen) atoms. The van der Waals surface area contributed by atoms with Gasteiger partial charge in [0.05, 0.1) is 14.2 Å². The van der Waals surface area contributed by atoms with Crippen molar-refractivity contribution in [3.05, 3.63) is 60.2 Å². The molecule has 2 N–H and O–H groups in total. The standard InChI is InChI=1S/C22H24N3O6P/c1-15-9-11-17(12-10-15)21-25-22(20(31-21)16-7-5-4-6-8-16)32(28,23-13-18(26)29-2)24-14-19(27)30-3/h4-12H,13-14H2,1-3H3,(H2,23,24,28). The number of hydrogen-bond acceptors (Lipinski definition) is 7. The minimum absolute atomic E-state index is 0.0482. The van der Waals surface area contributed by atoms with Crippen LogP contribution in [0.5, 0.6) is 0 Å². The lowest BCUT2D eigenvalue weighted by atomic mass is 10.1. The van der Waals surface area contributed by atoms with Crippen LogP contribution in [0.2, 0.25) is 0 Å². The van der Waals surface area contributed by atoms with Gasteiger partial charge in [-0.1, -0.05) is 48.0 Å². The number of benzene rings is 2. The lowest BCUT2D eigenvalue weighted by Crippen LogP contribution is -2.37. The van der Waals surface area contributed by atoms with Crippen molar-refractivity contribution in [2.45, 2.75) is 6.92 Å². The second-order valence-electron chi connectivity index (χ2n) is 6.84. The van der Waals surface area contributed by atoms with Gasteiger partial charge in [-0.05, 0) is 19.1 Å². The highest BCUT2D eigenvalue weighted by Gasteiger charge is 2.34. The van der Waals surface area contributed by atoms with Crippen LogP contribution in [0.3, 0.4) is 0 Å². The second-order valence-corrected chi connectivity index (χ2v) is 9.11. The van der Waals surface area contributed by atoms with E-state index in [0.29, 0.717) is 11.1 Å². The number of aromatic nitrogens is 1. The molecule has 168 valence electrons. The molecule has 0 aliphatic heterocycles. The minimum Gasteiger partial charge on any atom is -0.468 e. The molecule has 0 spiro atoms. The molecular weight excluding hydrogens is 433 g/mol. The van der Waals surface area contributed by atoms with Gasteiger partial charge < -0.3 is 13.9 Å². The van der Waals surface area contributed by atoms with E-state index in [9.17, 15) is 14.2 Å². The van der Waals surface area contributed by atoms with Crippen LogP contribution in [-0.2, 0) is 23.6 Å². The maximum atomic E-state index is 14.0. The van der Waals surface area contributed by atoms with Gasteiger partial charge in [0.25, 0.3) is 7.44 Å². The Kier molecular flexibility index (Phi) is 7.58. The molecule has 3 rings (SSSR count). The summed E-state index contributed by atoms with van der Waals surface area (Å²) in [5.74, 6) is -0.764. The van der Waals surface area contributed by atoms with Crippen LogP contribution in [0, 0.1) is 6.92 Å². The quantitative estimate of drug-likeness (QED) is 0.369. The van der Waals surface area contributed by atoms with Crippen molar-refractivity contribution in [3.63, 3.8) is 0 Å². The fourth-order valence-corrected chi connectivity index (χ4v) is 4.63. The van der Waals surface area contributed by atoms with E-state index in [-0.39, 0.29) is 30.2 Å². The highest BCUT2D eigenvalue weighted by Crippen LogP contribution is 2.40. The zero-order valence-corrected chi connectivity index (χ0v) is 18.8. The predicted octanol–water partition coefficient (Wildman–Crippen LogP) is 2.66. The molecule has 0 fully saturated rings. The van der Waals surface area contributed by atoms with Gasteiger partial charge in [0.2, 0.25) is 5.89 Å². The zero-order chi connectivity index (χ0) is 23.1. The fourth-order valence-electron chi connectivity index (χ4n) is 2.82. The third-order valence-electron chi connectivity index (χ3n) is 4.59. The molecule has 0 amide bonds. The first-order chi connectivity index (χ1) is 15.4. The fraction of sp³-hybridized carbons (Fsp3) is 0.227. The molecule has 3 aromatic rings. The van der Waals surface area contributed by atoms with Crippen molar-refractivity contribution < 1.29 is 28.0 Å². The van der Waals surface area contributed by atoms with Gasteiger partial charge >= 0.3 is 11.9 Å². The van der Waals surface area contributed by atoms with Crippen LogP contribution >= 0.6 is 7.44 Å². The summed E-state index contributed by atoms with van der Waals surface area (Å²) in [4.78, 5) is 28.0. The maximum absolute atomic E-state index is 14.0. The Labute approximate surface area is 185 Å². The Balaban J connectivity index is 2.11. The molecule has 0 aliphatic carbocycles. The molecule has 1 heterocycles. The zero-order valence-electron chi connectivity index (χ0n) is 18.0. The molecule has 0 aliphatic rings. The summed E-state index contributed by atoms with van der Waals surface area (Å²) in [6.07, 6.45) is 0. The number of nitrogens with one attached hydrogen (secondary N) is 2. The van der Waals surface area contributed by atoms with Gasteiger partial charge in [0, 0.05) is 11.1 Å². The Morgan fingerprint density at radius 3 is 2.00 bits per heavy atom. The first kappa shape index (κ1) is 23.4. The molecule has 0 bridgehead atoms. The van der Waals surface area contributed by atoms with Crippen molar-refractivity contribution >= 4 is 24.8 Å². The highest BCUT2D eigenvalue weighted by atomic mass is 31.2. The largest absolute Gasteiger partial charge is 0.468 e. The SMILES string of the molecule is COC(=O)CNP(=O)(NCC(=O)OC)c1nc(-c2ccc(C)cc2)oc1-c1ccccc1. The number of oxazole rings is 1. The van der Waals surface area contributed by atoms with Crippen molar-refractivity contribution in [3.8, 4) is 22.8 Å². The number of hydrogen-bond donors (Lipinski definition) is 2. The van der Waals surface area contributed by atoms with Gasteiger partial charge in [-0.25, -0.2) is 15.2 Å². The summed E-state index contributed by atoms with van der Waals surface area (Å²) < 4.78 is 29.3. The topological polar surface area (TPSA) is 120 Å². The number of aryl methyl sites for hydroxylation is 1. The van der Waals surface area contributed by atoms with Gasteiger partial charge in [0.1, 0.15) is 13.1 Å². The van der Waals surface area contributed by atoms with Crippen LogP contribution in [0.25, 0.3) is 22.8 Å². The molecule has 0 saturated heterocycles. The first-order valence-electron chi connectivity index (χ1n) is 9.74. The summed E-state index contributed by atoms with van der Waals surface area (Å²) in [5, 5.41) is 5.33. The monoisotopic (exact) mass is 457 g/mol. The third-order valence-corrected chi connectivity index (χ3v) is 6.70. The number of esters is 2. The highest BCUT2D eigenvalue weighted by molar-refractivity contribution is 7.67. The molecule has 0 saturated carbocycles. The Morgan fingerprint density at radius 1 is 0.906 bits per heavy atom. The summed E-state index contributed by atoms with van der Waals surface area (Å²) in [7, 11) is -1.38. The van der Waals surface area contributed by atoms with E-state index in [2.05, 4.69) is 24.6 Å². The van der Waals surface area contributed by atoms with E-state index in [0.717, 1.165) is 5.56 Å². The second kappa shape index (κ2) is 10.4. The molecule has 10 heteroatoms. The van der Waals surface area contributed by atoms with E-state index in [4.69, 9.17) is 4.42 Å². The number of ether oxygens (including phenoxy) is 2. The van der Waals surface area contributed by atoms with E-state index < -0.39 is 19.4 Å². The van der Waals surface area contributed by atoms with Gasteiger partial charge in [-0.15, -0.1) is 0 Å². The van der Waals surface area contributed by atoms with E-state index in [1.807, 2.05) is 49.4 Å². The number of carbonyl (C=O) groups excluding carboxylic acids is 2. The summed E-state index contributed by atoms with van der Waals surface area (Å²) in [6.45, 7) is 1.22. The van der Waals surface area contributed by atoms with Crippen molar-refractivity contribution in [2.24, 2.45) is 0 Å². The first-order valence-corrected chi connectivity index (χ1v) is 11.4. The summed E-state index contributed by atoms with van der Waals surface area (Å²) in [6, 6.07) is 16.5. The van der Waals surface area contributed by atoms with Gasteiger partial charge in [-0.3, -0.25) is 14.2 Å². The van der Waals surface area contributed by atoms with Crippen LogP contribution in [0.4, 0.5) is 0 Å². The van der Waals surface area contributed by atoms with Crippen molar-refractivity contribution in [1.29, 1.82) is 0 Å². The minimum atomic E-state index is -3.82. The van der Waals surface area contributed by atoms with E-state index in [1.54, 1.807) is 12.1 Å². The van der Waals surface area contributed by atoms with Crippen LogP contribution in [0.1, 0.15) is 5.56 Å². The lowest BCUT2D eigenvalue weighted by molar-refractivity contribution is -0.139. The van der Waals surface area contributed by atoms with Crippen molar-refractivity contribution in [2.75, 3.05) is 27.3 Å². The molecule has 2 aromatic carbocycles. The van der Waals surface area contributed by atoms with E-state index in [1.165, 1.54) is 14.2 Å². The molecule has 0 atom stereocenters. The lowest BCUT2D eigenvalue weighted by Gasteiger charge is -2.18. The molecule has 1 aromatic heterocycles. The Bertz CT molecular complexity index is 1100. The number of carbonyl (C=O) groups is 2. The normalized spacial score (nSPS) is 11.2. The average molecular weight is 457 g/mol. The molecular formula is C22H24N3O6P. The number of rotatable bonds is 9. The van der Waals surface area contributed by atoms with Gasteiger partial charge in [-0.2, -0.15) is 0 Å². The van der Waals surface area contributed by atoms with E-state index >= 15 is 0 Å². The molecule has 0 radical (unpaired) electrons. The number of methoxy groups -OCH3 is 2. The van der Waals surface area contributed by atoms with Crippen LogP contribution in [0.15, 0.2) is 59.0 Å². The maximum Gasteiger partial charge on any atom is 0.320 e. The average Bonchev–Trinajstić information content (AvgIpc) is 3.28. The van der Waals surface area contributed by atoms with Crippen LogP contribution < -0.4 is 15.6 Å². The summed E-state index contributed by atoms with van der Waals surface area (Å²) in [5.41, 5.74) is 2.43. The Morgan fingerprint density at radius 2 is 1.47 bits per heavy atom. The smallest absolute Gasteiger partial charge is 0.320 e. The number of nitrogens with zero attached hydrogens (tertiary/aromatic N) is 1. The molecule has 0 unspecified atom stereocenters. The third kappa shape index (κ3) is 5.50.